The van der Waals surface area contributed by atoms with Crippen LogP contribution in [0.1, 0.15) is 5.56 Å². The fraction of sp³-hybridized carbons (Fsp3) is 0.333. The number of aliphatic carboxylic acids is 1. The molecule has 0 spiro atoms. The van der Waals surface area contributed by atoms with E-state index in [0.717, 1.165) is 0 Å². The largest absolute Gasteiger partial charge is 0.507 e. The number of carboxylic acid groups (broad SMARTS) is 1. The summed E-state index contributed by atoms with van der Waals surface area (Å²) in [4.78, 5) is 26.5. The lowest BCUT2D eigenvalue weighted by molar-refractivity contribution is -0.129. The molecule has 0 bridgehead atoms. The van der Waals surface area contributed by atoms with Crippen molar-refractivity contribution in [3.05, 3.63) is 28.2 Å². The lowest BCUT2D eigenvalue weighted by Crippen LogP contribution is -2.36. The predicted octanol–water partition coefficient (Wildman–Crippen LogP) is 0.971. The Hall–Kier alpha value is -1.96. The Morgan fingerprint density at radius 3 is 2.57 bits per heavy atom. The van der Waals surface area contributed by atoms with E-state index >= 15 is 0 Å². The number of hydrogen-bond acceptors (Lipinski definition) is 9. The Kier molecular flexibility index (Phi) is 11.4. The summed E-state index contributed by atoms with van der Waals surface area (Å²) in [5, 5.41) is 33.0. The van der Waals surface area contributed by atoms with Crippen molar-refractivity contribution in [2.24, 2.45) is 16.0 Å². The summed E-state index contributed by atoms with van der Waals surface area (Å²) >= 11 is 3.19. The summed E-state index contributed by atoms with van der Waals surface area (Å²) in [7, 11) is 2.96. The number of carbonyl (C=O) groups excluding carboxylic acids is 1. The van der Waals surface area contributed by atoms with E-state index in [1.165, 1.54) is 27.7 Å². The lowest BCUT2D eigenvalue weighted by Gasteiger charge is -2.07. The molecular formula is C15H20BrN5O5S2. The van der Waals surface area contributed by atoms with Gasteiger partial charge in [0, 0.05) is 24.5 Å². The first-order valence-electron chi connectivity index (χ1n) is 7.84. The number of carbonyl (C=O) groups is 2. The van der Waals surface area contributed by atoms with Crippen LogP contribution in [0.3, 0.4) is 0 Å². The zero-order chi connectivity index (χ0) is 20.9. The van der Waals surface area contributed by atoms with Gasteiger partial charge in [0.1, 0.15) is 11.5 Å². The number of nitrogens with two attached hydrogens (primary N) is 1. The molecule has 13 heteroatoms. The second-order valence-electron chi connectivity index (χ2n) is 5.09. The van der Waals surface area contributed by atoms with Crippen molar-refractivity contribution in [2.45, 2.75) is 6.42 Å². The summed E-state index contributed by atoms with van der Waals surface area (Å²) < 4.78 is 0.484. The van der Waals surface area contributed by atoms with Gasteiger partial charge in [0.15, 0.2) is 0 Å². The SMILES string of the molecule is NNC(=NCCSSCCNC(=O)C(Cc1ccc(O)c(Br)c1)=NO)C(=O)O. The molecule has 0 aromatic heterocycles. The first-order valence-corrected chi connectivity index (χ1v) is 11.1. The summed E-state index contributed by atoms with van der Waals surface area (Å²) in [6.07, 6.45) is 0.113. The standard InChI is InChI=1S/C15H20BrN5O5S2/c16-10-7-9(1-2-12(10)22)8-11(21-26)14(23)19-4-6-28-27-5-3-18-13(20-17)15(24)25/h1-2,7,22,26H,3-6,8,17H2,(H,18,20)(H,19,23)(H,24,25). The van der Waals surface area contributed by atoms with Crippen LogP contribution < -0.4 is 16.6 Å². The molecule has 0 aliphatic rings. The number of carboxylic acids is 1. The van der Waals surface area contributed by atoms with Crippen molar-refractivity contribution in [1.82, 2.24) is 10.7 Å². The zero-order valence-corrected chi connectivity index (χ0v) is 17.8. The average Bonchev–Trinajstić information content (AvgIpc) is 2.67. The molecule has 0 radical (unpaired) electrons. The Bertz CT molecular complexity index is 748. The number of phenols is 1. The van der Waals surface area contributed by atoms with Crippen LogP contribution in [0.25, 0.3) is 0 Å². The molecule has 0 aliphatic carbocycles. The van der Waals surface area contributed by atoms with Crippen LogP contribution in [-0.2, 0) is 16.0 Å². The van der Waals surface area contributed by atoms with Gasteiger partial charge in [-0.1, -0.05) is 32.8 Å². The lowest BCUT2D eigenvalue weighted by atomic mass is 10.1. The molecule has 1 amide bonds. The molecule has 0 aliphatic heterocycles. The molecule has 0 saturated heterocycles. The number of amides is 1. The summed E-state index contributed by atoms with van der Waals surface area (Å²) in [6, 6.07) is 4.75. The number of aromatic hydroxyl groups is 1. The highest BCUT2D eigenvalue weighted by Crippen LogP contribution is 2.24. The van der Waals surface area contributed by atoms with Crippen molar-refractivity contribution < 1.29 is 25.0 Å². The molecule has 1 aromatic carbocycles. The van der Waals surface area contributed by atoms with Gasteiger partial charge in [-0.3, -0.25) is 9.79 Å². The van der Waals surface area contributed by atoms with Crippen LogP contribution in [-0.4, -0.2) is 63.4 Å². The minimum atomic E-state index is -1.22. The monoisotopic (exact) mass is 493 g/mol. The number of phenolic OH excluding ortho intramolecular Hbond substituents is 1. The van der Waals surface area contributed by atoms with Crippen molar-refractivity contribution in [1.29, 1.82) is 0 Å². The van der Waals surface area contributed by atoms with Crippen LogP contribution >= 0.6 is 37.5 Å². The highest BCUT2D eigenvalue weighted by Gasteiger charge is 2.13. The zero-order valence-electron chi connectivity index (χ0n) is 14.6. The Labute approximate surface area is 177 Å². The maximum absolute atomic E-state index is 12.1. The highest BCUT2D eigenvalue weighted by atomic mass is 79.9. The third-order valence-electron chi connectivity index (χ3n) is 3.10. The molecule has 1 rings (SSSR count). The van der Waals surface area contributed by atoms with E-state index < -0.39 is 11.9 Å². The van der Waals surface area contributed by atoms with Gasteiger partial charge in [-0.05, 0) is 33.6 Å². The van der Waals surface area contributed by atoms with Crippen LogP contribution in [0.4, 0.5) is 0 Å². The van der Waals surface area contributed by atoms with E-state index in [-0.39, 0.29) is 23.7 Å². The topological polar surface area (TPSA) is 170 Å². The normalized spacial score (nSPS) is 11.9. The highest BCUT2D eigenvalue weighted by molar-refractivity contribution is 9.10. The maximum Gasteiger partial charge on any atom is 0.372 e. The van der Waals surface area contributed by atoms with Crippen molar-refractivity contribution in [3.8, 4) is 5.75 Å². The quantitative estimate of drug-likeness (QED) is 0.0528. The van der Waals surface area contributed by atoms with E-state index in [1.54, 1.807) is 12.1 Å². The minimum Gasteiger partial charge on any atom is -0.507 e. The van der Waals surface area contributed by atoms with E-state index in [0.29, 0.717) is 34.6 Å². The minimum absolute atomic E-state index is 0.0416. The molecule has 7 N–H and O–H groups in total. The Morgan fingerprint density at radius 1 is 1.25 bits per heavy atom. The number of halogens is 1. The van der Waals surface area contributed by atoms with E-state index in [4.69, 9.17) is 16.2 Å². The van der Waals surface area contributed by atoms with E-state index in [1.807, 2.05) is 5.43 Å². The van der Waals surface area contributed by atoms with Crippen molar-refractivity contribution >= 4 is 60.9 Å². The van der Waals surface area contributed by atoms with Crippen LogP contribution in [0.5, 0.6) is 5.75 Å². The molecule has 28 heavy (non-hydrogen) atoms. The van der Waals surface area contributed by atoms with Gasteiger partial charge < -0.3 is 26.2 Å². The number of nitrogens with one attached hydrogen (secondary N) is 2. The number of aliphatic imine (C=N–C) groups is 1. The van der Waals surface area contributed by atoms with Crippen molar-refractivity contribution in [2.75, 3.05) is 24.6 Å². The molecule has 154 valence electrons. The molecule has 1 aromatic rings. The Balaban J connectivity index is 2.27. The second-order valence-corrected chi connectivity index (χ2v) is 8.65. The fourth-order valence-corrected chi connectivity index (χ4v) is 4.00. The van der Waals surface area contributed by atoms with Crippen LogP contribution in [0, 0.1) is 0 Å². The van der Waals surface area contributed by atoms with Gasteiger partial charge in [0.25, 0.3) is 5.91 Å². The molecule has 10 nitrogen and oxygen atoms in total. The van der Waals surface area contributed by atoms with Gasteiger partial charge in [0.2, 0.25) is 5.84 Å². The van der Waals surface area contributed by atoms with Crippen LogP contribution in [0.2, 0.25) is 0 Å². The molecular weight excluding hydrogens is 474 g/mol. The first kappa shape index (κ1) is 24.1. The third kappa shape index (κ3) is 8.82. The van der Waals surface area contributed by atoms with Gasteiger partial charge in [-0.25, -0.2) is 10.6 Å². The molecule has 0 atom stereocenters. The Morgan fingerprint density at radius 2 is 1.96 bits per heavy atom. The molecule has 0 unspecified atom stereocenters. The van der Waals surface area contributed by atoms with Gasteiger partial charge >= 0.3 is 5.97 Å². The number of amidine groups is 1. The number of oxime groups is 1. The average molecular weight is 494 g/mol. The summed E-state index contributed by atoms with van der Waals surface area (Å²) in [5.74, 6) is 4.29. The molecule has 0 saturated carbocycles. The molecule has 0 fully saturated rings. The van der Waals surface area contributed by atoms with Gasteiger partial charge in [-0.2, -0.15) is 0 Å². The van der Waals surface area contributed by atoms with Gasteiger partial charge in [-0.15, -0.1) is 0 Å². The second kappa shape index (κ2) is 13.3. The van der Waals surface area contributed by atoms with E-state index in [2.05, 4.69) is 31.4 Å². The number of rotatable bonds is 10. The third-order valence-corrected chi connectivity index (χ3v) is 6.13. The van der Waals surface area contributed by atoms with Crippen LogP contribution in [0.15, 0.2) is 32.8 Å². The fourth-order valence-electron chi connectivity index (χ4n) is 1.81. The van der Waals surface area contributed by atoms with E-state index in [9.17, 15) is 14.7 Å². The number of benzene rings is 1. The van der Waals surface area contributed by atoms with Gasteiger partial charge in [0.05, 0.1) is 11.0 Å². The number of hydrogen-bond donors (Lipinski definition) is 6. The number of hydrazine groups is 1. The predicted molar refractivity (Wildman–Crippen MR) is 114 cm³/mol. The number of nitrogens with zero attached hydrogens (tertiary/aromatic N) is 2. The maximum atomic E-state index is 12.1. The summed E-state index contributed by atoms with van der Waals surface area (Å²) in [6.45, 7) is 0.655. The van der Waals surface area contributed by atoms with Crippen molar-refractivity contribution in [3.63, 3.8) is 0 Å². The summed E-state index contributed by atoms with van der Waals surface area (Å²) in [5.41, 5.74) is 2.66. The first-order chi connectivity index (χ1) is 13.4. The smallest absolute Gasteiger partial charge is 0.372 e. The molecule has 0 heterocycles.